The molecule has 39 heavy (non-hydrogen) atoms. The molecule has 1 saturated carbocycles. The van der Waals surface area contributed by atoms with Crippen LogP contribution in [-0.4, -0.2) is 88.8 Å². The van der Waals surface area contributed by atoms with Crippen LogP contribution in [0.3, 0.4) is 0 Å². The number of benzene rings is 1. The first-order chi connectivity index (χ1) is 18.6. The third kappa shape index (κ3) is 6.30. The van der Waals surface area contributed by atoms with Gasteiger partial charge >= 0.3 is 18.0 Å². The van der Waals surface area contributed by atoms with Gasteiger partial charge in [0.2, 0.25) is 0 Å². The summed E-state index contributed by atoms with van der Waals surface area (Å²) in [7, 11) is 1.28. The lowest BCUT2D eigenvalue weighted by Crippen LogP contribution is -2.67. The molecular formula is C28H38N2O9. The molecule has 4 amide bonds. The van der Waals surface area contributed by atoms with E-state index in [-0.39, 0.29) is 13.0 Å². The first kappa shape index (κ1) is 30.2. The fourth-order valence-corrected chi connectivity index (χ4v) is 5.25. The number of carbonyl (C=O) groups excluding carboxylic acids is 5. The lowest BCUT2D eigenvalue weighted by molar-refractivity contribution is -0.166. The zero-order chi connectivity index (χ0) is 28.7. The van der Waals surface area contributed by atoms with Crippen molar-refractivity contribution < 1.29 is 43.7 Å². The number of nitrogens with zero attached hydrogens (tertiary/aromatic N) is 2. The Bertz CT molecular complexity index is 1060. The number of amides is 4. The van der Waals surface area contributed by atoms with Crippen LogP contribution in [0, 0.1) is 11.8 Å². The summed E-state index contributed by atoms with van der Waals surface area (Å²) in [6, 6.07) is 7.56. The number of carbonyl (C=O) groups is 5. The molecule has 1 aliphatic carbocycles. The number of esters is 2. The molecule has 2 aliphatic rings. The highest BCUT2D eigenvalue weighted by atomic mass is 16.6. The molecule has 5 unspecified atom stereocenters. The summed E-state index contributed by atoms with van der Waals surface area (Å²) in [5, 5.41) is 20.3. The largest absolute Gasteiger partial charge is 0.463 e. The average Bonchev–Trinajstić information content (AvgIpc) is 2.96. The Labute approximate surface area is 228 Å². The van der Waals surface area contributed by atoms with Gasteiger partial charge in [-0.25, -0.2) is 4.79 Å². The number of hydrogen-bond donors (Lipinski definition) is 2. The van der Waals surface area contributed by atoms with Gasteiger partial charge in [-0.3, -0.25) is 29.0 Å². The summed E-state index contributed by atoms with van der Waals surface area (Å²) >= 11 is 0. The summed E-state index contributed by atoms with van der Waals surface area (Å²) in [5.41, 5.74) is -1.18. The zero-order valence-electron chi connectivity index (χ0n) is 22.7. The van der Waals surface area contributed by atoms with Crippen molar-refractivity contribution in [3.63, 3.8) is 0 Å². The van der Waals surface area contributed by atoms with Gasteiger partial charge in [0.25, 0.3) is 11.8 Å². The molecule has 3 rings (SSSR count). The minimum Gasteiger partial charge on any atom is -0.463 e. The molecule has 214 valence electrons. The third-order valence-electron chi connectivity index (χ3n) is 7.67. The minimum atomic E-state index is -1.62. The highest BCUT2D eigenvalue weighted by molar-refractivity contribution is 6.22. The number of aliphatic hydroxyl groups excluding tert-OH is 2. The van der Waals surface area contributed by atoms with E-state index in [1.54, 1.807) is 44.2 Å². The maximum absolute atomic E-state index is 13.6. The Balaban J connectivity index is 1.66. The molecule has 0 bridgehead atoms. The number of rotatable bonds is 11. The van der Waals surface area contributed by atoms with Crippen molar-refractivity contribution in [3.8, 4) is 0 Å². The second-order valence-corrected chi connectivity index (χ2v) is 10.2. The van der Waals surface area contributed by atoms with E-state index in [1.165, 1.54) is 7.05 Å². The zero-order valence-corrected chi connectivity index (χ0v) is 22.7. The van der Waals surface area contributed by atoms with Gasteiger partial charge in [0, 0.05) is 7.05 Å². The minimum absolute atomic E-state index is 0.0995. The van der Waals surface area contributed by atoms with Crippen molar-refractivity contribution in [1.29, 1.82) is 0 Å². The Morgan fingerprint density at radius 2 is 1.46 bits per heavy atom. The van der Waals surface area contributed by atoms with Crippen LogP contribution in [0.1, 0.15) is 57.9 Å². The maximum atomic E-state index is 13.6. The van der Waals surface area contributed by atoms with Crippen molar-refractivity contribution >= 4 is 29.8 Å². The summed E-state index contributed by atoms with van der Waals surface area (Å²) in [4.78, 5) is 66.8. The predicted octanol–water partition coefficient (Wildman–Crippen LogP) is 1.78. The molecule has 2 fully saturated rings. The smallest absolute Gasteiger partial charge is 0.333 e. The van der Waals surface area contributed by atoms with E-state index < -0.39 is 72.4 Å². The van der Waals surface area contributed by atoms with E-state index in [1.807, 2.05) is 0 Å². The maximum Gasteiger partial charge on any atom is 0.333 e. The van der Waals surface area contributed by atoms with Crippen molar-refractivity contribution in [2.75, 3.05) is 26.8 Å². The highest BCUT2D eigenvalue weighted by Gasteiger charge is 2.56. The lowest BCUT2D eigenvalue weighted by Gasteiger charge is -2.43. The van der Waals surface area contributed by atoms with Crippen molar-refractivity contribution in [3.05, 3.63) is 35.9 Å². The normalized spacial score (nSPS) is 25.3. The van der Waals surface area contributed by atoms with Crippen molar-refractivity contribution in [2.45, 2.75) is 70.0 Å². The van der Waals surface area contributed by atoms with Gasteiger partial charge in [0.1, 0.15) is 19.3 Å². The molecule has 1 aromatic rings. The molecule has 11 nitrogen and oxygen atoms in total. The van der Waals surface area contributed by atoms with E-state index in [0.29, 0.717) is 24.8 Å². The third-order valence-corrected chi connectivity index (χ3v) is 7.67. The number of imide groups is 2. The molecule has 1 aromatic carbocycles. The molecule has 1 aliphatic heterocycles. The summed E-state index contributed by atoms with van der Waals surface area (Å²) in [6.45, 7) is 2.29. The van der Waals surface area contributed by atoms with Crippen LogP contribution >= 0.6 is 0 Å². The fraction of sp³-hybridized carbons (Fsp3) is 0.607. The Morgan fingerprint density at radius 3 is 1.97 bits per heavy atom. The summed E-state index contributed by atoms with van der Waals surface area (Å²) in [5.74, 6) is -4.12. The number of likely N-dealkylation sites (N-methyl/N-ethyl adjacent to an activating group) is 1. The van der Waals surface area contributed by atoms with Gasteiger partial charge in [0.05, 0.1) is 24.5 Å². The number of aliphatic hydroxyl groups is 2. The monoisotopic (exact) mass is 546 g/mol. The summed E-state index contributed by atoms with van der Waals surface area (Å²) in [6.07, 6.45) is 0.660. The number of ether oxygens (including phenoxy) is 2. The Morgan fingerprint density at radius 1 is 0.923 bits per heavy atom. The highest BCUT2D eigenvalue weighted by Crippen LogP contribution is 2.36. The topological polar surface area (TPSA) is 151 Å². The van der Waals surface area contributed by atoms with Crippen LogP contribution in [-0.2, 0) is 34.1 Å². The van der Waals surface area contributed by atoms with E-state index in [2.05, 4.69) is 0 Å². The molecule has 1 heterocycles. The standard InChI is InChI=1S/C28H38N2O9/c1-4-19(31)16-38-23(33)21-13-9-10-14-22(21)24(34)39-17-20(32)15-30-26(36)28(5-2,18-11-7-6-8-12-18)25(35)29(3)27(30)37/h6-8,11-12,19-22,31-32H,4-5,9-10,13-17H2,1-3H3. The number of urea groups is 1. The molecule has 0 aromatic heterocycles. The van der Waals surface area contributed by atoms with Gasteiger partial charge in [-0.1, -0.05) is 57.0 Å². The van der Waals surface area contributed by atoms with E-state index in [0.717, 1.165) is 22.6 Å². The van der Waals surface area contributed by atoms with Crippen LogP contribution in [0.4, 0.5) is 4.79 Å². The molecule has 2 N–H and O–H groups in total. The number of barbiturate groups is 1. The molecule has 0 radical (unpaired) electrons. The molecule has 11 heteroatoms. The SMILES string of the molecule is CCC(O)COC(=O)C1CCCCC1C(=O)OCC(O)CN1C(=O)N(C)C(=O)C(CC)(c2ccccc2)C1=O. The fourth-order valence-electron chi connectivity index (χ4n) is 5.25. The molecular weight excluding hydrogens is 508 g/mol. The van der Waals surface area contributed by atoms with Gasteiger partial charge < -0.3 is 19.7 Å². The molecule has 1 saturated heterocycles. The Hall–Kier alpha value is -3.31. The van der Waals surface area contributed by atoms with Crippen LogP contribution < -0.4 is 0 Å². The second kappa shape index (κ2) is 13.2. The van der Waals surface area contributed by atoms with Gasteiger partial charge in [-0.15, -0.1) is 0 Å². The predicted molar refractivity (Wildman–Crippen MR) is 138 cm³/mol. The van der Waals surface area contributed by atoms with Gasteiger partial charge in [-0.05, 0) is 31.2 Å². The first-order valence-corrected chi connectivity index (χ1v) is 13.5. The number of β-amino-alcohol motifs (C(OH)–C–C–N with tert-alkyl or cyclic N) is 1. The molecule has 5 atom stereocenters. The van der Waals surface area contributed by atoms with Crippen LogP contribution in [0.15, 0.2) is 30.3 Å². The van der Waals surface area contributed by atoms with Crippen molar-refractivity contribution in [2.24, 2.45) is 11.8 Å². The van der Waals surface area contributed by atoms with E-state index >= 15 is 0 Å². The number of hydrogen-bond acceptors (Lipinski definition) is 9. The van der Waals surface area contributed by atoms with Gasteiger partial charge in [0.15, 0.2) is 5.41 Å². The molecule has 0 spiro atoms. The van der Waals surface area contributed by atoms with E-state index in [4.69, 9.17) is 9.47 Å². The first-order valence-electron chi connectivity index (χ1n) is 13.5. The Kier molecular flexibility index (Phi) is 10.2. The quantitative estimate of drug-likeness (QED) is 0.313. The van der Waals surface area contributed by atoms with Crippen molar-refractivity contribution in [1.82, 2.24) is 9.80 Å². The summed E-state index contributed by atoms with van der Waals surface area (Å²) < 4.78 is 10.5. The van der Waals surface area contributed by atoms with Crippen LogP contribution in [0.25, 0.3) is 0 Å². The average molecular weight is 547 g/mol. The lowest BCUT2D eigenvalue weighted by atomic mass is 9.74. The van der Waals surface area contributed by atoms with E-state index in [9.17, 15) is 34.2 Å². The van der Waals surface area contributed by atoms with Crippen LogP contribution in [0.5, 0.6) is 0 Å². The second-order valence-electron chi connectivity index (χ2n) is 10.2. The van der Waals surface area contributed by atoms with Crippen LogP contribution in [0.2, 0.25) is 0 Å². The van der Waals surface area contributed by atoms with Gasteiger partial charge in [-0.2, -0.15) is 0 Å².